The van der Waals surface area contributed by atoms with E-state index in [0.717, 1.165) is 36.9 Å². The Bertz CT molecular complexity index is 543. The van der Waals surface area contributed by atoms with Gasteiger partial charge in [0.1, 0.15) is 5.82 Å². The van der Waals surface area contributed by atoms with Gasteiger partial charge < -0.3 is 5.32 Å². The van der Waals surface area contributed by atoms with Crippen LogP contribution in [0.3, 0.4) is 0 Å². The first-order valence-corrected chi connectivity index (χ1v) is 7.25. The second kappa shape index (κ2) is 9.61. The highest BCUT2D eigenvalue weighted by Gasteiger charge is 2.33. The molecule has 1 N–H and O–H groups in total. The summed E-state index contributed by atoms with van der Waals surface area (Å²) >= 11 is 0. The van der Waals surface area contributed by atoms with Gasteiger partial charge in [-0.3, -0.25) is 4.90 Å². The van der Waals surface area contributed by atoms with Crippen LogP contribution in [0.15, 0.2) is 30.4 Å². The minimum absolute atomic E-state index is 0. The van der Waals surface area contributed by atoms with Gasteiger partial charge in [0, 0.05) is 37.8 Å². The lowest BCUT2D eigenvalue weighted by molar-refractivity contribution is -0.137. The maximum atomic E-state index is 14.2. The third kappa shape index (κ3) is 5.92. The highest BCUT2D eigenvalue weighted by atomic mass is 35.5. The number of halogens is 6. The van der Waals surface area contributed by atoms with E-state index in [1.54, 1.807) is 6.92 Å². The first kappa shape index (κ1) is 23.2. The zero-order valence-corrected chi connectivity index (χ0v) is 15.0. The summed E-state index contributed by atoms with van der Waals surface area (Å²) in [5.41, 5.74) is 0.103. The first-order valence-electron chi connectivity index (χ1n) is 7.25. The molecule has 1 aromatic carbocycles. The van der Waals surface area contributed by atoms with Gasteiger partial charge in [-0.15, -0.1) is 31.4 Å². The van der Waals surface area contributed by atoms with Gasteiger partial charge in [0.25, 0.3) is 0 Å². The molecule has 0 aromatic heterocycles. The zero-order valence-electron chi connectivity index (χ0n) is 13.3. The van der Waals surface area contributed by atoms with E-state index in [-0.39, 0.29) is 30.4 Å². The molecule has 8 heteroatoms. The molecule has 1 heterocycles. The largest absolute Gasteiger partial charge is 0.416 e. The molecule has 138 valence electrons. The van der Waals surface area contributed by atoms with Crippen LogP contribution in [0.2, 0.25) is 0 Å². The third-order valence-corrected chi connectivity index (χ3v) is 3.82. The SMILES string of the molecule is C=C(C)C[C@H](c1cc(C(F)(F)F)ccc1F)N1CCNCC1.Cl.Cl. The van der Waals surface area contributed by atoms with Crippen LogP contribution in [0.5, 0.6) is 0 Å². The molecule has 0 aliphatic carbocycles. The van der Waals surface area contributed by atoms with E-state index in [4.69, 9.17) is 0 Å². The lowest BCUT2D eigenvalue weighted by Gasteiger charge is -2.35. The molecular formula is C16H22Cl2F4N2. The summed E-state index contributed by atoms with van der Waals surface area (Å²) in [4.78, 5) is 2.02. The molecule has 0 spiro atoms. The van der Waals surface area contributed by atoms with Crippen molar-refractivity contribution >= 4 is 24.8 Å². The number of benzene rings is 1. The fourth-order valence-electron chi connectivity index (χ4n) is 2.74. The molecule has 1 aliphatic rings. The number of nitrogens with zero attached hydrogens (tertiary/aromatic N) is 1. The third-order valence-electron chi connectivity index (χ3n) is 3.82. The van der Waals surface area contributed by atoms with Crippen molar-refractivity contribution in [1.82, 2.24) is 10.2 Å². The second-order valence-electron chi connectivity index (χ2n) is 5.70. The Morgan fingerprint density at radius 1 is 1.25 bits per heavy atom. The van der Waals surface area contributed by atoms with E-state index < -0.39 is 23.6 Å². The minimum atomic E-state index is -4.47. The molecular weight excluding hydrogens is 367 g/mol. The number of nitrogens with one attached hydrogen (secondary N) is 1. The quantitative estimate of drug-likeness (QED) is 0.598. The van der Waals surface area contributed by atoms with Gasteiger partial charge in [0.2, 0.25) is 0 Å². The Kier molecular flexibility index (Phi) is 9.28. The van der Waals surface area contributed by atoms with Crippen LogP contribution in [-0.4, -0.2) is 31.1 Å². The van der Waals surface area contributed by atoms with Crippen molar-refractivity contribution < 1.29 is 17.6 Å². The van der Waals surface area contributed by atoms with Gasteiger partial charge >= 0.3 is 6.18 Å². The van der Waals surface area contributed by atoms with Gasteiger partial charge in [0.15, 0.2) is 0 Å². The summed E-state index contributed by atoms with van der Waals surface area (Å²) in [7, 11) is 0. The minimum Gasteiger partial charge on any atom is -0.314 e. The molecule has 0 amide bonds. The van der Waals surface area contributed by atoms with Gasteiger partial charge in [-0.1, -0.05) is 5.57 Å². The number of piperazine rings is 1. The van der Waals surface area contributed by atoms with E-state index >= 15 is 0 Å². The van der Waals surface area contributed by atoms with Crippen LogP contribution in [-0.2, 0) is 6.18 Å². The summed E-state index contributed by atoms with van der Waals surface area (Å²) in [5.74, 6) is -0.599. The maximum absolute atomic E-state index is 14.2. The van der Waals surface area contributed by atoms with E-state index in [9.17, 15) is 17.6 Å². The highest BCUT2D eigenvalue weighted by Crippen LogP contribution is 2.35. The van der Waals surface area contributed by atoms with Crippen molar-refractivity contribution in [1.29, 1.82) is 0 Å². The fourth-order valence-corrected chi connectivity index (χ4v) is 2.74. The number of alkyl halides is 3. The van der Waals surface area contributed by atoms with Crippen molar-refractivity contribution in [3.63, 3.8) is 0 Å². The van der Waals surface area contributed by atoms with E-state index in [1.807, 2.05) is 4.90 Å². The van der Waals surface area contributed by atoms with Crippen LogP contribution in [0, 0.1) is 5.82 Å². The van der Waals surface area contributed by atoms with E-state index in [0.29, 0.717) is 19.5 Å². The summed E-state index contributed by atoms with van der Waals surface area (Å²) in [5, 5.41) is 3.19. The van der Waals surface area contributed by atoms with Crippen LogP contribution in [0.4, 0.5) is 17.6 Å². The first-order chi connectivity index (χ1) is 10.3. The molecule has 24 heavy (non-hydrogen) atoms. The van der Waals surface area contributed by atoms with Crippen LogP contribution >= 0.6 is 24.8 Å². The molecule has 1 fully saturated rings. The van der Waals surface area contributed by atoms with E-state index in [1.165, 1.54) is 0 Å². The fraction of sp³-hybridized carbons (Fsp3) is 0.500. The molecule has 2 rings (SSSR count). The Balaban J connectivity index is 0.00000264. The van der Waals surface area contributed by atoms with Crippen molar-refractivity contribution in [2.75, 3.05) is 26.2 Å². The van der Waals surface area contributed by atoms with Crippen molar-refractivity contribution in [3.8, 4) is 0 Å². The molecule has 0 saturated carbocycles. The average molecular weight is 389 g/mol. The van der Waals surface area contributed by atoms with Gasteiger partial charge in [-0.25, -0.2) is 4.39 Å². The molecule has 0 unspecified atom stereocenters. The number of hydrogen-bond donors (Lipinski definition) is 1. The molecule has 0 bridgehead atoms. The number of rotatable bonds is 4. The predicted molar refractivity (Wildman–Crippen MR) is 92.5 cm³/mol. The molecule has 1 saturated heterocycles. The second-order valence-corrected chi connectivity index (χ2v) is 5.70. The summed E-state index contributed by atoms with van der Waals surface area (Å²) in [6.45, 7) is 8.47. The van der Waals surface area contributed by atoms with Crippen molar-refractivity contribution in [3.05, 3.63) is 47.3 Å². The van der Waals surface area contributed by atoms with Crippen LogP contribution in [0.1, 0.15) is 30.5 Å². The van der Waals surface area contributed by atoms with Crippen LogP contribution < -0.4 is 5.32 Å². The monoisotopic (exact) mass is 388 g/mol. The molecule has 1 atom stereocenters. The Morgan fingerprint density at radius 2 is 1.83 bits per heavy atom. The smallest absolute Gasteiger partial charge is 0.314 e. The Labute approximate surface area is 152 Å². The van der Waals surface area contributed by atoms with Gasteiger partial charge in [-0.05, 0) is 31.5 Å². The Hall–Kier alpha value is -0.820. The molecule has 0 radical (unpaired) electrons. The zero-order chi connectivity index (χ0) is 16.3. The van der Waals surface area contributed by atoms with Crippen LogP contribution in [0.25, 0.3) is 0 Å². The van der Waals surface area contributed by atoms with Gasteiger partial charge in [-0.2, -0.15) is 13.2 Å². The molecule has 1 aromatic rings. The highest BCUT2D eigenvalue weighted by molar-refractivity contribution is 5.85. The van der Waals surface area contributed by atoms with E-state index in [2.05, 4.69) is 11.9 Å². The predicted octanol–water partition coefficient (Wildman–Crippen LogP) is 4.60. The van der Waals surface area contributed by atoms with Crippen molar-refractivity contribution in [2.24, 2.45) is 0 Å². The lowest BCUT2D eigenvalue weighted by Crippen LogP contribution is -2.45. The van der Waals surface area contributed by atoms with Crippen molar-refractivity contribution in [2.45, 2.75) is 25.6 Å². The molecule has 1 aliphatic heterocycles. The summed E-state index contributed by atoms with van der Waals surface area (Å²) < 4.78 is 52.9. The topological polar surface area (TPSA) is 15.3 Å². The Morgan fingerprint density at radius 3 is 2.33 bits per heavy atom. The standard InChI is InChI=1S/C16H20F4N2.2ClH/c1-11(2)9-15(22-7-5-21-6-8-22)13-10-12(16(18,19)20)3-4-14(13)17;;/h3-4,10,15,21H,1,5-9H2,2H3;2*1H/t15-;;/m1../s1. The summed E-state index contributed by atoms with van der Waals surface area (Å²) in [6, 6.07) is 2.22. The lowest BCUT2D eigenvalue weighted by atomic mass is 9.95. The molecule has 2 nitrogen and oxygen atoms in total. The average Bonchev–Trinajstić information content (AvgIpc) is 2.45. The number of hydrogen-bond acceptors (Lipinski definition) is 2. The normalized spacial score (nSPS) is 16.7. The maximum Gasteiger partial charge on any atom is 0.416 e. The van der Waals surface area contributed by atoms with Gasteiger partial charge in [0.05, 0.1) is 5.56 Å². The summed E-state index contributed by atoms with van der Waals surface area (Å²) in [6.07, 6.45) is -4.03.